The zero-order valence-corrected chi connectivity index (χ0v) is 12.8. The Morgan fingerprint density at radius 1 is 1.24 bits per heavy atom. The van der Waals surface area contributed by atoms with Crippen LogP contribution in [-0.2, 0) is 9.59 Å². The van der Waals surface area contributed by atoms with E-state index in [4.69, 9.17) is 0 Å². The van der Waals surface area contributed by atoms with Gasteiger partial charge in [-0.15, -0.1) is 0 Å². The Morgan fingerprint density at radius 2 is 1.95 bits per heavy atom. The van der Waals surface area contributed by atoms with Gasteiger partial charge in [0.15, 0.2) is 0 Å². The molecular weight excluding hydrogens is 266 g/mol. The zero-order chi connectivity index (χ0) is 15.3. The summed E-state index contributed by atoms with van der Waals surface area (Å²) in [7, 11) is 3.53. The van der Waals surface area contributed by atoms with Crippen LogP contribution in [-0.4, -0.2) is 35.8 Å². The minimum Gasteiger partial charge on any atom is -0.349 e. The van der Waals surface area contributed by atoms with E-state index >= 15 is 0 Å². The van der Waals surface area contributed by atoms with Gasteiger partial charge in [-0.05, 0) is 30.4 Å². The fraction of sp³-hybridized carbons (Fsp3) is 0.562. The van der Waals surface area contributed by atoms with E-state index in [1.54, 1.807) is 31.3 Å². The summed E-state index contributed by atoms with van der Waals surface area (Å²) < 4.78 is 0. The van der Waals surface area contributed by atoms with Crippen molar-refractivity contribution in [3.05, 3.63) is 24.4 Å². The number of carbonyl (C=O) groups excluding carboxylic acids is 2. The van der Waals surface area contributed by atoms with Crippen molar-refractivity contribution in [1.82, 2.24) is 9.88 Å². The first-order chi connectivity index (χ1) is 10.0. The van der Waals surface area contributed by atoms with Crippen LogP contribution in [0, 0.1) is 5.41 Å². The maximum Gasteiger partial charge on any atom is 0.226 e. The Hall–Kier alpha value is -1.91. The number of pyridine rings is 1. The van der Waals surface area contributed by atoms with Gasteiger partial charge in [0.2, 0.25) is 11.8 Å². The molecule has 5 nitrogen and oxygen atoms in total. The molecule has 0 spiro atoms. The summed E-state index contributed by atoms with van der Waals surface area (Å²) in [5, 5.41) is 2.82. The van der Waals surface area contributed by atoms with E-state index in [0.29, 0.717) is 18.7 Å². The van der Waals surface area contributed by atoms with Crippen molar-refractivity contribution >= 4 is 17.6 Å². The van der Waals surface area contributed by atoms with Crippen LogP contribution in [0.1, 0.15) is 38.5 Å². The molecule has 1 aliphatic carbocycles. The first-order valence-electron chi connectivity index (χ1n) is 7.42. The van der Waals surface area contributed by atoms with Gasteiger partial charge in [-0.3, -0.25) is 9.59 Å². The lowest BCUT2D eigenvalue weighted by atomic mass is 9.79. The average molecular weight is 289 g/mol. The molecule has 1 N–H and O–H groups in total. The van der Waals surface area contributed by atoms with Gasteiger partial charge in [-0.2, -0.15) is 0 Å². The summed E-state index contributed by atoms with van der Waals surface area (Å²) >= 11 is 0. The number of carbonyl (C=O) groups is 2. The van der Waals surface area contributed by atoms with Gasteiger partial charge in [0.25, 0.3) is 0 Å². The van der Waals surface area contributed by atoms with Crippen molar-refractivity contribution in [2.45, 2.75) is 38.5 Å². The number of nitrogens with one attached hydrogen (secondary N) is 1. The average Bonchev–Trinajstić information content (AvgIpc) is 2.87. The third-order valence-corrected chi connectivity index (χ3v) is 4.16. The number of amides is 2. The number of rotatable bonds is 5. The predicted octanol–water partition coefficient (Wildman–Crippen LogP) is 2.45. The fourth-order valence-electron chi connectivity index (χ4n) is 2.98. The van der Waals surface area contributed by atoms with Gasteiger partial charge in [0, 0.05) is 33.1 Å². The predicted molar refractivity (Wildman–Crippen MR) is 81.7 cm³/mol. The van der Waals surface area contributed by atoms with Crippen molar-refractivity contribution in [2.75, 3.05) is 19.4 Å². The van der Waals surface area contributed by atoms with Crippen LogP contribution in [0.15, 0.2) is 24.4 Å². The van der Waals surface area contributed by atoms with E-state index in [-0.39, 0.29) is 17.2 Å². The Kier molecular flexibility index (Phi) is 4.94. The van der Waals surface area contributed by atoms with Crippen molar-refractivity contribution in [3.8, 4) is 0 Å². The first kappa shape index (κ1) is 15.5. The van der Waals surface area contributed by atoms with E-state index in [2.05, 4.69) is 10.3 Å². The van der Waals surface area contributed by atoms with Crippen LogP contribution in [0.3, 0.4) is 0 Å². The van der Waals surface area contributed by atoms with Crippen LogP contribution in [0.4, 0.5) is 5.82 Å². The molecule has 21 heavy (non-hydrogen) atoms. The highest BCUT2D eigenvalue weighted by Gasteiger charge is 2.38. The highest BCUT2D eigenvalue weighted by molar-refractivity contribution is 5.90. The van der Waals surface area contributed by atoms with E-state index in [1.807, 2.05) is 12.1 Å². The first-order valence-corrected chi connectivity index (χ1v) is 7.42. The van der Waals surface area contributed by atoms with E-state index in [0.717, 1.165) is 25.7 Å². The molecule has 5 heteroatoms. The summed E-state index contributed by atoms with van der Waals surface area (Å²) in [6.45, 7) is 0. The molecule has 0 unspecified atom stereocenters. The Bertz CT molecular complexity index is 494. The van der Waals surface area contributed by atoms with E-state index in [9.17, 15) is 9.59 Å². The standard InChI is InChI=1S/C16H23N3O2/c1-19(2)15(21)12-16(8-4-5-9-16)11-14(20)18-13-7-3-6-10-17-13/h3,6-7,10H,4-5,8-9,11-12H2,1-2H3,(H,17,18,20). The van der Waals surface area contributed by atoms with Crippen molar-refractivity contribution in [1.29, 1.82) is 0 Å². The maximum atomic E-state index is 12.2. The van der Waals surface area contributed by atoms with Gasteiger partial charge in [0.1, 0.15) is 5.82 Å². The Balaban J connectivity index is 1.99. The zero-order valence-electron chi connectivity index (χ0n) is 12.8. The highest BCUT2D eigenvalue weighted by atomic mass is 16.2. The molecule has 0 aromatic carbocycles. The maximum absolute atomic E-state index is 12.2. The minimum absolute atomic E-state index is 0.0536. The van der Waals surface area contributed by atoms with E-state index in [1.165, 1.54) is 0 Å². The summed E-state index contributed by atoms with van der Waals surface area (Å²) in [5.74, 6) is 0.610. The van der Waals surface area contributed by atoms with Gasteiger partial charge in [-0.1, -0.05) is 18.9 Å². The molecule has 2 amide bonds. The largest absolute Gasteiger partial charge is 0.349 e. The molecule has 114 valence electrons. The molecule has 0 radical (unpaired) electrons. The van der Waals surface area contributed by atoms with Gasteiger partial charge >= 0.3 is 0 Å². The molecule has 1 saturated carbocycles. The summed E-state index contributed by atoms with van der Waals surface area (Å²) in [4.78, 5) is 30.0. The third-order valence-electron chi connectivity index (χ3n) is 4.16. The quantitative estimate of drug-likeness (QED) is 0.905. The smallest absolute Gasteiger partial charge is 0.226 e. The lowest BCUT2D eigenvalue weighted by Gasteiger charge is -2.29. The number of anilines is 1. The third kappa shape index (κ3) is 4.28. The monoisotopic (exact) mass is 289 g/mol. The second kappa shape index (κ2) is 6.70. The molecule has 0 saturated heterocycles. The Morgan fingerprint density at radius 3 is 2.52 bits per heavy atom. The summed E-state index contributed by atoms with van der Waals surface area (Å²) in [6, 6.07) is 5.41. The SMILES string of the molecule is CN(C)C(=O)CC1(CC(=O)Nc2ccccn2)CCCC1. The van der Waals surface area contributed by atoms with Crippen molar-refractivity contribution in [3.63, 3.8) is 0 Å². The van der Waals surface area contributed by atoms with Gasteiger partial charge in [0.05, 0.1) is 0 Å². The normalized spacial score (nSPS) is 16.5. The lowest BCUT2D eigenvalue weighted by molar-refractivity contribution is -0.131. The topological polar surface area (TPSA) is 62.3 Å². The van der Waals surface area contributed by atoms with Crippen LogP contribution < -0.4 is 5.32 Å². The molecule has 0 bridgehead atoms. The number of hydrogen-bond donors (Lipinski definition) is 1. The van der Waals surface area contributed by atoms with Crippen LogP contribution in [0.5, 0.6) is 0 Å². The second-order valence-electron chi connectivity index (χ2n) is 6.11. The molecule has 2 rings (SSSR count). The number of hydrogen-bond acceptors (Lipinski definition) is 3. The van der Waals surface area contributed by atoms with Crippen molar-refractivity contribution in [2.24, 2.45) is 5.41 Å². The second-order valence-corrected chi connectivity index (χ2v) is 6.11. The van der Waals surface area contributed by atoms with E-state index < -0.39 is 0 Å². The number of nitrogens with zero attached hydrogens (tertiary/aromatic N) is 2. The molecular formula is C16H23N3O2. The van der Waals surface area contributed by atoms with Gasteiger partial charge in [-0.25, -0.2) is 4.98 Å². The molecule has 0 atom stereocenters. The molecule has 1 heterocycles. The van der Waals surface area contributed by atoms with Crippen molar-refractivity contribution < 1.29 is 9.59 Å². The van der Waals surface area contributed by atoms with Crippen LogP contribution in [0.25, 0.3) is 0 Å². The fourth-order valence-corrected chi connectivity index (χ4v) is 2.98. The van der Waals surface area contributed by atoms with Crippen LogP contribution in [0.2, 0.25) is 0 Å². The highest BCUT2D eigenvalue weighted by Crippen LogP contribution is 2.44. The molecule has 1 aromatic heterocycles. The molecule has 1 fully saturated rings. The Labute approximate surface area is 125 Å². The summed E-state index contributed by atoms with van der Waals surface area (Å²) in [5.41, 5.74) is -0.180. The van der Waals surface area contributed by atoms with Gasteiger partial charge < -0.3 is 10.2 Å². The minimum atomic E-state index is -0.180. The molecule has 0 aliphatic heterocycles. The molecule has 1 aliphatic rings. The summed E-state index contributed by atoms with van der Waals surface area (Å²) in [6.07, 6.45) is 6.58. The van der Waals surface area contributed by atoms with Crippen LogP contribution >= 0.6 is 0 Å². The number of aromatic nitrogens is 1. The lowest BCUT2D eigenvalue weighted by Crippen LogP contribution is -2.32. The molecule has 1 aromatic rings.